The van der Waals surface area contributed by atoms with E-state index in [0.717, 1.165) is 23.5 Å². The summed E-state index contributed by atoms with van der Waals surface area (Å²) in [4.78, 5) is 2.41. The molecule has 0 fully saturated rings. The fourth-order valence-electron chi connectivity index (χ4n) is 11.8. The van der Waals surface area contributed by atoms with Crippen molar-refractivity contribution in [2.45, 2.75) is 31.6 Å². The number of aromatic nitrogens is 1. The maximum atomic E-state index is 2.56. The summed E-state index contributed by atoms with van der Waals surface area (Å²) in [5, 5.41) is 7.55. The van der Waals surface area contributed by atoms with E-state index in [1.807, 2.05) is 0 Å². The molecule has 0 aliphatic heterocycles. The lowest BCUT2D eigenvalue weighted by Crippen LogP contribution is -2.20. The first-order valence-electron chi connectivity index (χ1n) is 23.6. The van der Waals surface area contributed by atoms with Crippen LogP contribution in [0.15, 0.2) is 242 Å². The summed E-state index contributed by atoms with van der Waals surface area (Å²) in [5.41, 5.74) is 18.7. The Morgan fingerprint density at radius 2 is 0.985 bits per heavy atom. The number of anilines is 3. The van der Waals surface area contributed by atoms with Crippen LogP contribution in [0.5, 0.6) is 0 Å². The maximum absolute atomic E-state index is 2.56. The molecule has 2 aliphatic rings. The zero-order valence-corrected chi connectivity index (χ0v) is 37.7. The summed E-state index contributed by atoms with van der Waals surface area (Å²) in [7, 11) is 0. The molecule has 0 bridgehead atoms. The predicted molar refractivity (Wildman–Crippen MR) is 285 cm³/mol. The van der Waals surface area contributed by atoms with Gasteiger partial charge in [-0.3, -0.25) is 0 Å². The lowest BCUT2D eigenvalue weighted by atomic mass is 9.77. The molecular weight excluding hydrogens is 809 g/mol. The summed E-state index contributed by atoms with van der Waals surface area (Å²) in [5.74, 6) is 0.371. The third kappa shape index (κ3) is 6.24. The van der Waals surface area contributed by atoms with Gasteiger partial charge in [0.15, 0.2) is 0 Å². The van der Waals surface area contributed by atoms with Crippen molar-refractivity contribution in [1.82, 2.24) is 4.57 Å². The fourth-order valence-corrected chi connectivity index (χ4v) is 11.8. The van der Waals surface area contributed by atoms with Gasteiger partial charge in [0.1, 0.15) is 0 Å². The van der Waals surface area contributed by atoms with Crippen molar-refractivity contribution in [2.75, 3.05) is 4.90 Å². The molecule has 1 heterocycles. The van der Waals surface area contributed by atoms with E-state index >= 15 is 0 Å². The molecule has 0 N–H and O–H groups in total. The highest BCUT2D eigenvalue weighted by Crippen LogP contribution is 2.56. The van der Waals surface area contributed by atoms with Gasteiger partial charge in [-0.25, -0.2) is 0 Å². The minimum atomic E-state index is -0.0887. The first-order valence-corrected chi connectivity index (χ1v) is 23.6. The monoisotopic (exact) mass is 856 g/mol. The summed E-state index contributed by atoms with van der Waals surface area (Å²) < 4.78 is 2.56. The Bertz CT molecular complexity index is 3670. The van der Waals surface area contributed by atoms with Crippen LogP contribution in [0.1, 0.15) is 37.3 Å². The van der Waals surface area contributed by atoms with Crippen LogP contribution in [0.2, 0.25) is 0 Å². The molecule has 1 unspecified atom stereocenters. The maximum Gasteiger partial charge on any atom is 0.0547 e. The number of hydrogen-bond acceptors (Lipinski definition) is 1. The van der Waals surface area contributed by atoms with Gasteiger partial charge >= 0.3 is 0 Å². The second-order valence-electron chi connectivity index (χ2n) is 18.8. The van der Waals surface area contributed by atoms with Gasteiger partial charge in [0, 0.05) is 44.9 Å². The molecule has 1 aromatic heterocycles. The molecule has 0 saturated heterocycles. The quantitative estimate of drug-likeness (QED) is 0.155. The van der Waals surface area contributed by atoms with Gasteiger partial charge in [-0.15, -0.1) is 0 Å². The van der Waals surface area contributed by atoms with Crippen molar-refractivity contribution in [3.05, 3.63) is 253 Å². The lowest BCUT2D eigenvalue weighted by Gasteiger charge is -2.30. The largest absolute Gasteiger partial charge is 0.310 e. The molecular formula is C65H48N2. The second kappa shape index (κ2) is 15.5. The number of allylic oxidation sites excluding steroid dienone is 4. The van der Waals surface area contributed by atoms with Gasteiger partial charge in [-0.05, 0) is 133 Å². The van der Waals surface area contributed by atoms with E-state index in [1.165, 1.54) is 99.1 Å². The van der Waals surface area contributed by atoms with Crippen LogP contribution in [-0.4, -0.2) is 4.57 Å². The molecule has 2 aliphatic carbocycles. The van der Waals surface area contributed by atoms with E-state index in [1.54, 1.807) is 0 Å². The smallest absolute Gasteiger partial charge is 0.0547 e. The number of benzene rings is 10. The zero-order valence-electron chi connectivity index (χ0n) is 37.7. The van der Waals surface area contributed by atoms with E-state index < -0.39 is 0 Å². The Kier molecular flexibility index (Phi) is 9.05. The van der Waals surface area contributed by atoms with Gasteiger partial charge in [0.05, 0.1) is 11.0 Å². The van der Waals surface area contributed by atoms with Crippen LogP contribution >= 0.6 is 0 Å². The fraction of sp³-hybridized carbons (Fsp3) is 0.0769. The molecule has 2 nitrogen and oxygen atoms in total. The Morgan fingerprint density at radius 3 is 1.67 bits per heavy atom. The number of rotatable bonds is 7. The van der Waals surface area contributed by atoms with E-state index in [-0.39, 0.29) is 5.41 Å². The molecule has 0 amide bonds. The van der Waals surface area contributed by atoms with E-state index in [2.05, 4.69) is 260 Å². The first kappa shape index (κ1) is 39.2. The van der Waals surface area contributed by atoms with Crippen molar-refractivity contribution >= 4 is 66.1 Å². The molecule has 11 aromatic rings. The number of fused-ring (bicyclic) bond motifs is 8. The van der Waals surface area contributed by atoms with E-state index in [0.29, 0.717) is 5.92 Å². The first-order chi connectivity index (χ1) is 33.0. The van der Waals surface area contributed by atoms with E-state index in [4.69, 9.17) is 0 Å². The molecule has 67 heavy (non-hydrogen) atoms. The lowest BCUT2D eigenvalue weighted by molar-refractivity contribution is 0.612. The third-order valence-corrected chi connectivity index (χ3v) is 14.8. The van der Waals surface area contributed by atoms with Crippen molar-refractivity contribution in [3.63, 3.8) is 0 Å². The summed E-state index contributed by atoms with van der Waals surface area (Å²) in [6, 6.07) is 82.8. The molecule has 1 atom stereocenters. The van der Waals surface area contributed by atoms with Crippen LogP contribution in [-0.2, 0) is 5.41 Å². The molecule has 10 aromatic carbocycles. The number of para-hydroxylation sites is 1. The average molecular weight is 857 g/mol. The summed E-state index contributed by atoms with van der Waals surface area (Å²) >= 11 is 0. The van der Waals surface area contributed by atoms with Gasteiger partial charge in [-0.1, -0.05) is 196 Å². The van der Waals surface area contributed by atoms with Crippen LogP contribution in [0.25, 0.3) is 82.4 Å². The highest BCUT2D eigenvalue weighted by Gasteiger charge is 2.44. The third-order valence-electron chi connectivity index (χ3n) is 14.8. The van der Waals surface area contributed by atoms with Gasteiger partial charge in [0.2, 0.25) is 0 Å². The van der Waals surface area contributed by atoms with Crippen LogP contribution in [0.4, 0.5) is 17.1 Å². The summed E-state index contributed by atoms with van der Waals surface area (Å²) in [6.07, 6.45) is 5.82. The normalized spacial score (nSPS) is 15.1. The molecule has 318 valence electrons. The molecule has 0 radical (unpaired) electrons. The Hall–Kier alpha value is -8.20. The Labute approximate surface area is 392 Å². The van der Waals surface area contributed by atoms with Crippen LogP contribution in [0.3, 0.4) is 0 Å². The minimum absolute atomic E-state index is 0.0887. The van der Waals surface area contributed by atoms with Gasteiger partial charge in [0.25, 0.3) is 0 Å². The minimum Gasteiger partial charge on any atom is -0.310 e. The number of nitrogens with zero attached hydrogens (tertiary/aromatic N) is 2. The van der Waals surface area contributed by atoms with Crippen molar-refractivity contribution in [2.24, 2.45) is 0 Å². The Morgan fingerprint density at radius 1 is 0.448 bits per heavy atom. The van der Waals surface area contributed by atoms with Crippen molar-refractivity contribution in [1.29, 1.82) is 0 Å². The highest BCUT2D eigenvalue weighted by atomic mass is 15.1. The van der Waals surface area contributed by atoms with Crippen molar-refractivity contribution < 1.29 is 0 Å². The molecule has 13 rings (SSSR count). The second-order valence-corrected chi connectivity index (χ2v) is 18.8. The standard InChI is InChI=1S/C65H48N2/c1-65(2)59-30-9-7-24-56(59)57-29-15-33-62(64(57)65)67-60-31-10-8-25-58(60)63-55(28-14-32-61(63)67)47-20-11-21-50(42-47)66(48-38-34-45(35-39-48)53-26-12-18-43-16-3-5-22-51(43)53)49-40-36-46(37-41-49)54-27-13-19-44-17-4-6-23-52(44)54/h3-28,30-42,57H,29H2,1-2H3. The summed E-state index contributed by atoms with van der Waals surface area (Å²) in [6.45, 7) is 4.84. The van der Waals surface area contributed by atoms with Crippen molar-refractivity contribution in [3.8, 4) is 33.4 Å². The molecule has 2 heteroatoms. The van der Waals surface area contributed by atoms with Crippen LogP contribution in [0, 0.1) is 0 Å². The zero-order chi connectivity index (χ0) is 44.6. The van der Waals surface area contributed by atoms with E-state index in [9.17, 15) is 0 Å². The van der Waals surface area contributed by atoms with Gasteiger partial charge in [-0.2, -0.15) is 0 Å². The SMILES string of the molecule is CC1(C)C2=C(n3c4ccccc4c4c(-c5cccc(N(c6ccc(-c7cccc8ccccc78)cc6)c6ccc(-c7cccc8ccccc78)cc6)c5)cccc43)C=CCC2c2ccccc21. The molecule has 0 spiro atoms. The Balaban J connectivity index is 0.963. The highest BCUT2D eigenvalue weighted by molar-refractivity contribution is 6.17. The molecule has 0 saturated carbocycles. The van der Waals surface area contributed by atoms with Crippen LogP contribution < -0.4 is 4.90 Å². The predicted octanol–water partition coefficient (Wildman–Crippen LogP) is 17.8. The number of hydrogen-bond donors (Lipinski definition) is 0. The van der Waals surface area contributed by atoms with Gasteiger partial charge < -0.3 is 9.47 Å². The topological polar surface area (TPSA) is 8.17 Å². The average Bonchev–Trinajstić information content (AvgIpc) is 3.85.